The van der Waals surface area contributed by atoms with Gasteiger partial charge < -0.3 is 25.3 Å². The van der Waals surface area contributed by atoms with E-state index in [4.69, 9.17) is 20.0 Å². The lowest BCUT2D eigenvalue weighted by Crippen LogP contribution is -2.26. The summed E-state index contributed by atoms with van der Waals surface area (Å²) in [5.74, 6) is 0.571. The number of carbonyl (C=O) groups is 1. The molecule has 1 unspecified atom stereocenters. The minimum Gasteiger partial charge on any atom is -0.496 e. The van der Waals surface area contributed by atoms with E-state index >= 15 is 0 Å². The second-order valence-corrected chi connectivity index (χ2v) is 4.68. The van der Waals surface area contributed by atoms with E-state index in [1.165, 1.54) is 6.26 Å². The van der Waals surface area contributed by atoms with Crippen molar-refractivity contribution >= 4 is 5.91 Å². The maximum absolute atomic E-state index is 11.9. The lowest BCUT2D eigenvalue weighted by Gasteiger charge is -2.08. The number of hydrogen-bond acceptors (Lipinski definition) is 6. The van der Waals surface area contributed by atoms with Crippen LogP contribution in [0, 0.1) is 0 Å². The first kappa shape index (κ1) is 16.0. The van der Waals surface area contributed by atoms with Crippen molar-refractivity contribution in [1.29, 1.82) is 0 Å². The maximum Gasteiger partial charge on any atom is 0.273 e. The number of oxazole rings is 1. The van der Waals surface area contributed by atoms with Gasteiger partial charge in [0.05, 0.1) is 13.7 Å². The number of carbonyl (C=O) groups excluding carboxylic acids is 1. The number of aliphatic hydroxyl groups excluding tert-OH is 1. The molecule has 0 bridgehead atoms. The zero-order chi connectivity index (χ0) is 15.9. The van der Waals surface area contributed by atoms with E-state index in [-0.39, 0.29) is 24.1 Å². The van der Waals surface area contributed by atoms with Gasteiger partial charge in [-0.25, -0.2) is 4.98 Å². The van der Waals surface area contributed by atoms with Crippen LogP contribution in [0.3, 0.4) is 0 Å². The number of nitrogens with one attached hydrogen (secondary N) is 1. The molecule has 1 atom stereocenters. The van der Waals surface area contributed by atoms with Gasteiger partial charge in [-0.1, -0.05) is 18.2 Å². The summed E-state index contributed by atoms with van der Waals surface area (Å²) in [7, 11) is 1.61. The van der Waals surface area contributed by atoms with Crippen LogP contribution in [-0.2, 0) is 6.42 Å². The quantitative estimate of drug-likeness (QED) is 0.692. The number of methoxy groups -OCH3 is 1. The fourth-order valence-electron chi connectivity index (χ4n) is 1.95. The molecule has 0 aliphatic carbocycles. The molecular weight excluding hydrogens is 286 g/mol. The lowest BCUT2D eigenvalue weighted by atomic mass is 10.1. The number of amides is 1. The van der Waals surface area contributed by atoms with Crippen LogP contribution >= 0.6 is 0 Å². The van der Waals surface area contributed by atoms with Crippen molar-refractivity contribution in [3.05, 3.63) is 47.7 Å². The van der Waals surface area contributed by atoms with E-state index in [2.05, 4.69) is 10.3 Å². The van der Waals surface area contributed by atoms with Crippen LogP contribution in [0.15, 0.2) is 34.9 Å². The second kappa shape index (κ2) is 7.58. The highest BCUT2D eigenvalue weighted by Crippen LogP contribution is 2.17. The monoisotopic (exact) mass is 305 g/mol. The van der Waals surface area contributed by atoms with Gasteiger partial charge in [-0.15, -0.1) is 0 Å². The fourth-order valence-corrected chi connectivity index (χ4v) is 1.95. The molecule has 0 saturated heterocycles. The molecule has 2 aromatic rings. The van der Waals surface area contributed by atoms with E-state index in [1.807, 2.05) is 24.3 Å². The average molecular weight is 305 g/mol. The van der Waals surface area contributed by atoms with Crippen LogP contribution in [0.1, 0.15) is 28.0 Å². The Morgan fingerprint density at radius 1 is 1.50 bits per heavy atom. The zero-order valence-corrected chi connectivity index (χ0v) is 12.3. The number of ether oxygens (including phenoxy) is 1. The number of nitrogens with zero attached hydrogens (tertiary/aromatic N) is 1. The van der Waals surface area contributed by atoms with Crippen LogP contribution in [-0.4, -0.2) is 36.3 Å². The molecule has 1 aromatic carbocycles. The van der Waals surface area contributed by atoms with Gasteiger partial charge in [0.15, 0.2) is 5.69 Å². The van der Waals surface area contributed by atoms with Crippen molar-refractivity contribution in [3.63, 3.8) is 0 Å². The highest BCUT2D eigenvalue weighted by atomic mass is 16.5. The summed E-state index contributed by atoms with van der Waals surface area (Å²) in [5.41, 5.74) is 6.71. The molecule has 1 aromatic heterocycles. The van der Waals surface area contributed by atoms with Gasteiger partial charge >= 0.3 is 0 Å². The van der Waals surface area contributed by atoms with Crippen molar-refractivity contribution in [2.45, 2.75) is 12.5 Å². The molecule has 0 radical (unpaired) electrons. The highest BCUT2D eigenvalue weighted by molar-refractivity contribution is 5.91. The third kappa shape index (κ3) is 3.84. The molecule has 118 valence electrons. The predicted molar refractivity (Wildman–Crippen MR) is 79.5 cm³/mol. The van der Waals surface area contributed by atoms with Gasteiger partial charge in [0.1, 0.15) is 18.1 Å². The summed E-state index contributed by atoms with van der Waals surface area (Å²) in [5, 5.41) is 11.7. The first-order chi connectivity index (χ1) is 10.7. The Labute approximate surface area is 128 Å². The average Bonchev–Trinajstić information content (AvgIpc) is 3.04. The minimum absolute atomic E-state index is 0.136. The molecule has 1 heterocycles. The first-order valence-electron chi connectivity index (χ1n) is 6.87. The SMILES string of the molecule is COc1ccccc1CCNC(=O)c1coc(C(N)CO)n1. The Bertz CT molecular complexity index is 627. The largest absolute Gasteiger partial charge is 0.496 e. The van der Waals surface area contributed by atoms with Crippen molar-refractivity contribution in [3.8, 4) is 5.75 Å². The van der Waals surface area contributed by atoms with Crippen molar-refractivity contribution in [2.24, 2.45) is 5.73 Å². The van der Waals surface area contributed by atoms with Gasteiger partial charge in [0.25, 0.3) is 5.91 Å². The van der Waals surface area contributed by atoms with Crippen LogP contribution in [0.5, 0.6) is 5.75 Å². The van der Waals surface area contributed by atoms with Crippen LogP contribution in [0.4, 0.5) is 0 Å². The molecule has 22 heavy (non-hydrogen) atoms. The smallest absolute Gasteiger partial charge is 0.273 e. The number of nitrogens with two attached hydrogens (primary N) is 1. The van der Waals surface area contributed by atoms with Gasteiger partial charge in [-0.05, 0) is 18.1 Å². The Kier molecular flexibility index (Phi) is 5.51. The molecular formula is C15H19N3O4. The Hall–Kier alpha value is -2.38. The topological polar surface area (TPSA) is 111 Å². The van der Waals surface area contributed by atoms with Crippen molar-refractivity contribution in [1.82, 2.24) is 10.3 Å². The molecule has 0 spiro atoms. The molecule has 0 aliphatic heterocycles. The summed E-state index contributed by atoms with van der Waals surface area (Å²) in [6, 6.07) is 6.90. The molecule has 0 fully saturated rings. The Morgan fingerprint density at radius 3 is 3.00 bits per heavy atom. The number of rotatable bonds is 7. The van der Waals surface area contributed by atoms with Crippen molar-refractivity contribution < 1.29 is 19.1 Å². The number of hydrogen-bond donors (Lipinski definition) is 3. The molecule has 1 amide bonds. The van der Waals surface area contributed by atoms with Gasteiger partial charge in [0.2, 0.25) is 5.89 Å². The maximum atomic E-state index is 11.9. The third-order valence-corrected chi connectivity index (χ3v) is 3.14. The molecule has 0 saturated carbocycles. The van der Waals surface area contributed by atoms with E-state index in [0.29, 0.717) is 13.0 Å². The standard InChI is InChI=1S/C15H19N3O4/c1-21-13-5-3-2-4-10(13)6-7-17-14(20)12-9-22-15(18-12)11(16)8-19/h2-5,9,11,19H,6-8,16H2,1H3,(H,17,20). The lowest BCUT2D eigenvalue weighted by molar-refractivity contribution is 0.0949. The van der Waals surface area contributed by atoms with Gasteiger partial charge in [-0.2, -0.15) is 0 Å². The summed E-state index contributed by atoms with van der Waals surface area (Å²) in [6.07, 6.45) is 1.86. The summed E-state index contributed by atoms with van der Waals surface area (Å²) in [6.45, 7) is 0.142. The Morgan fingerprint density at radius 2 is 2.27 bits per heavy atom. The van der Waals surface area contributed by atoms with Gasteiger partial charge in [0, 0.05) is 6.54 Å². The van der Waals surface area contributed by atoms with E-state index in [9.17, 15) is 4.79 Å². The summed E-state index contributed by atoms with van der Waals surface area (Å²) < 4.78 is 10.3. The molecule has 0 aliphatic rings. The molecule has 4 N–H and O–H groups in total. The van der Waals surface area contributed by atoms with Gasteiger partial charge in [-0.3, -0.25) is 4.79 Å². The summed E-state index contributed by atoms with van der Waals surface area (Å²) >= 11 is 0. The second-order valence-electron chi connectivity index (χ2n) is 4.68. The normalized spacial score (nSPS) is 12.0. The molecule has 7 heteroatoms. The van der Waals surface area contributed by atoms with E-state index in [1.54, 1.807) is 7.11 Å². The number of aliphatic hydroxyl groups is 1. The Balaban J connectivity index is 1.89. The van der Waals surface area contributed by atoms with Crippen LogP contribution < -0.4 is 15.8 Å². The highest BCUT2D eigenvalue weighted by Gasteiger charge is 2.16. The zero-order valence-electron chi connectivity index (χ0n) is 12.3. The number of para-hydroxylation sites is 1. The van der Waals surface area contributed by atoms with Crippen molar-refractivity contribution in [2.75, 3.05) is 20.3 Å². The molecule has 2 rings (SSSR count). The van der Waals surface area contributed by atoms with Crippen LogP contribution in [0.2, 0.25) is 0 Å². The van der Waals surface area contributed by atoms with E-state index < -0.39 is 6.04 Å². The molecule has 7 nitrogen and oxygen atoms in total. The number of aromatic nitrogens is 1. The minimum atomic E-state index is -0.727. The fraction of sp³-hybridized carbons (Fsp3) is 0.333. The first-order valence-corrected chi connectivity index (χ1v) is 6.87. The number of benzene rings is 1. The van der Waals surface area contributed by atoms with E-state index in [0.717, 1.165) is 11.3 Å². The van der Waals surface area contributed by atoms with Crippen LogP contribution in [0.25, 0.3) is 0 Å². The third-order valence-electron chi connectivity index (χ3n) is 3.14. The summed E-state index contributed by atoms with van der Waals surface area (Å²) in [4.78, 5) is 15.9. The predicted octanol–water partition coefficient (Wildman–Crippen LogP) is 0.648.